The van der Waals surface area contributed by atoms with Crippen LogP contribution in [-0.4, -0.2) is 22.5 Å². The van der Waals surface area contributed by atoms with Crippen molar-refractivity contribution in [3.63, 3.8) is 0 Å². The number of unbranched alkanes of at least 4 members (excludes halogenated alkanes) is 9. The first-order chi connectivity index (χ1) is 8.06. The van der Waals surface area contributed by atoms with E-state index in [9.17, 15) is 4.57 Å². The minimum atomic E-state index is -3.75. The molecule has 0 aliphatic heterocycles. The van der Waals surface area contributed by atoms with Gasteiger partial charge in [0.15, 0.2) is 0 Å². The molecule has 0 amide bonds. The van der Waals surface area contributed by atoms with Crippen LogP contribution in [0.4, 0.5) is 0 Å². The zero-order valence-electron chi connectivity index (χ0n) is 11.3. The molecule has 112 valence electrons. The number of quaternary nitrogens is 1. The number of hydrogen-bond donors (Lipinski definition) is 3. The molecular weight excluding hydrogens is 273 g/mol. The monoisotopic (exact) mass is 301 g/mol. The summed E-state index contributed by atoms with van der Waals surface area (Å²) in [5.74, 6) is 0. The van der Waals surface area contributed by atoms with Gasteiger partial charge >= 0.3 is 7.60 Å². The molecule has 0 heterocycles. The molecule has 0 bridgehead atoms. The van der Waals surface area contributed by atoms with Crippen LogP contribution in [0, 0.1) is 0 Å². The molecule has 0 saturated carbocycles. The highest BCUT2D eigenvalue weighted by Crippen LogP contribution is 2.35. The van der Waals surface area contributed by atoms with Gasteiger partial charge in [-0.25, -0.2) is 0 Å². The Morgan fingerprint density at radius 1 is 0.722 bits per heavy atom. The van der Waals surface area contributed by atoms with Gasteiger partial charge in [-0.05, 0) is 19.3 Å². The Morgan fingerprint density at radius 3 is 1.39 bits per heavy atom. The minimum absolute atomic E-state index is 0. The molecule has 0 atom stereocenters. The van der Waals surface area contributed by atoms with E-state index in [2.05, 4.69) is 5.73 Å². The second kappa shape index (κ2) is 13.8. The molecule has 18 heavy (non-hydrogen) atoms. The van der Waals surface area contributed by atoms with Crippen molar-refractivity contribution in [2.24, 2.45) is 0 Å². The number of halogens is 1. The SMILES string of the molecule is [Cl-].[NH3+]CCCCCCCCCCCCP(=O)(O)O. The Hall–Kier alpha value is 0.400. The van der Waals surface area contributed by atoms with Crippen molar-refractivity contribution in [1.82, 2.24) is 0 Å². The second-order valence-corrected chi connectivity index (χ2v) is 6.55. The predicted molar refractivity (Wildman–Crippen MR) is 70.8 cm³/mol. The van der Waals surface area contributed by atoms with E-state index in [0.717, 1.165) is 19.4 Å². The largest absolute Gasteiger partial charge is 1.00 e. The van der Waals surface area contributed by atoms with Crippen LogP contribution in [0.5, 0.6) is 0 Å². The van der Waals surface area contributed by atoms with Crippen LogP contribution in [0.2, 0.25) is 0 Å². The molecule has 6 heteroatoms. The lowest BCUT2D eigenvalue weighted by Gasteiger charge is -2.03. The summed E-state index contributed by atoms with van der Waals surface area (Å²) in [6.07, 6.45) is 11.8. The maximum absolute atomic E-state index is 10.6. The van der Waals surface area contributed by atoms with Crippen molar-refractivity contribution in [2.45, 2.75) is 64.2 Å². The normalized spacial score (nSPS) is 11.3. The lowest BCUT2D eigenvalue weighted by Crippen LogP contribution is -3.00. The van der Waals surface area contributed by atoms with E-state index in [4.69, 9.17) is 9.79 Å². The zero-order valence-corrected chi connectivity index (χ0v) is 13.0. The molecule has 0 spiro atoms. The fourth-order valence-corrected chi connectivity index (χ4v) is 2.54. The van der Waals surface area contributed by atoms with Crippen LogP contribution in [0.3, 0.4) is 0 Å². The smallest absolute Gasteiger partial charge is 0.325 e. The van der Waals surface area contributed by atoms with Gasteiger partial charge in [0.2, 0.25) is 0 Å². The zero-order chi connectivity index (χ0) is 13.0. The van der Waals surface area contributed by atoms with Crippen molar-refractivity contribution < 1.29 is 32.5 Å². The summed E-state index contributed by atoms with van der Waals surface area (Å²) in [5.41, 5.74) is 3.82. The fraction of sp³-hybridized carbons (Fsp3) is 1.00. The van der Waals surface area contributed by atoms with Gasteiger partial charge in [-0.3, -0.25) is 4.57 Å². The summed E-state index contributed by atoms with van der Waals surface area (Å²) in [6.45, 7) is 1.06. The lowest BCUT2D eigenvalue weighted by atomic mass is 10.1. The molecular formula is C12H29ClNO3P. The Labute approximate surface area is 117 Å². The number of rotatable bonds is 12. The summed E-state index contributed by atoms with van der Waals surface area (Å²) in [7, 11) is -3.75. The van der Waals surface area contributed by atoms with Crippen molar-refractivity contribution in [2.75, 3.05) is 12.7 Å². The van der Waals surface area contributed by atoms with Crippen molar-refractivity contribution in [1.29, 1.82) is 0 Å². The summed E-state index contributed by atoms with van der Waals surface area (Å²) in [4.78, 5) is 17.3. The van der Waals surface area contributed by atoms with Crippen LogP contribution < -0.4 is 18.1 Å². The molecule has 4 nitrogen and oxygen atoms in total. The molecule has 0 aliphatic carbocycles. The maximum atomic E-state index is 10.6. The van der Waals surface area contributed by atoms with Crippen molar-refractivity contribution >= 4 is 7.60 Å². The summed E-state index contributed by atoms with van der Waals surface area (Å²) >= 11 is 0. The van der Waals surface area contributed by atoms with E-state index < -0.39 is 7.60 Å². The molecule has 0 aromatic carbocycles. The van der Waals surface area contributed by atoms with Gasteiger partial charge in [-0.15, -0.1) is 0 Å². The molecule has 0 rings (SSSR count). The van der Waals surface area contributed by atoms with Crippen LogP contribution in [0.25, 0.3) is 0 Å². The first-order valence-electron chi connectivity index (χ1n) is 6.90. The first-order valence-corrected chi connectivity index (χ1v) is 8.70. The predicted octanol–water partition coefficient (Wildman–Crippen LogP) is -0.689. The molecule has 5 N–H and O–H groups in total. The average molecular weight is 302 g/mol. The minimum Gasteiger partial charge on any atom is -1.00 e. The van der Waals surface area contributed by atoms with Gasteiger partial charge < -0.3 is 27.9 Å². The molecule has 0 radical (unpaired) electrons. The molecule has 0 aromatic heterocycles. The third-order valence-corrected chi connectivity index (χ3v) is 3.85. The fourth-order valence-electron chi connectivity index (χ4n) is 1.91. The van der Waals surface area contributed by atoms with Crippen LogP contribution >= 0.6 is 7.60 Å². The maximum Gasteiger partial charge on any atom is 0.325 e. The van der Waals surface area contributed by atoms with E-state index >= 15 is 0 Å². The Bertz CT molecular complexity index is 211. The molecule has 0 fully saturated rings. The highest BCUT2D eigenvalue weighted by atomic mass is 35.5. The van der Waals surface area contributed by atoms with Crippen LogP contribution in [-0.2, 0) is 4.57 Å². The summed E-state index contributed by atoms with van der Waals surface area (Å²) in [5, 5.41) is 0. The second-order valence-electron chi connectivity index (χ2n) is 4.78. The average Bonchev–Trinajstić information content (AvgIpc) is 2.24. The Kier molecular flexibility index (Phi) is 15.9. The lowest BCUT2D eigenvalue weighted by molar-refractivity contribution is -0.368. The van der Waals surface area contributed by atoms with Crippen molar-refractivity contribution in [3.8, 4) is 0 Å². The van der Waals surface area contributed by atoms with E-state index in [1.807, 2.05) is 0 Å². The van der Waals surface area contributed by atoms with Gasteiger partial charge in [0, 0.05) is 6.16 Å². The molecule has 0 saturated heterocycles. The summed E-state index contributed by atoms with van der Waals surface area (Å²) < 4.78 is 10.6. The van der Waals surface area contributed by atoms with Crippen LogP contribution in [0.1, 0.15) is 64.2 Å². The van der Waals surface area contributed by atoms with Gasteiger partial charge in [-0.2, -0.15) is 0 Å². The van der Waals surface area contributed by atoms with Gasteiger partial charge in [0.25, 0.3) is 0 Å². The van der Waals surface area contributed by atoms with Gasteiger partial charge in [0.1, 0.15) is 0 Å². The Balaban J connectivity index is 0. The molecule has 0 aliphatic rings. The third-order valence-electron chi connectivity index (χ3n) is 2.95. The molecule has 0 unspecified atom stereocenters. The summed E-state index contributed by atoms with van der Waals surface area (Å²) in [6, 6.07) is 0. The Morgan fingerprint density at radius 2 is 1.06 bits per heavy atom. The van der Waals surface area contributed by atoms with Gasteiger partial charge in [0.05, 0.1) is 6.54 Å². The van der Waals surface area contributed by atoms with E-state index in [0.29, 0.717) is 6.42 Å². The van der Waals surface area contributed by atoms with Crippen molar-refractivity contribution in [3.05, 3.63) is 0 Å². The number of hydrogen-bond acceptors (Lipinski definition) is 1. The topological polar surface area (TPSA) is 85.2 Å². The highest BCUT2D eigenvalue weighted by Gasteiger charge is 2.10. The van der Waals surface area contributed by atoms with Gasteiger partial charge in [-0.1, -0.05) is 44.9 Å². The van der Waals surface area contributed by atoms with E-state index in [-0.39, 0.29) is 18.6 Å². The van der Waals surface area contributed by atoms with Crippen LogP contribution in [0.15, 0.2) is 0 Å². The third kappa shape index (κ3) is 18.8. The molecule has 0 aromatic rings. The van der Waals surface area contributed by atoms with E-state index in [1.54, 1.807) is 0 Å². The highest BCUT2D eigenvalue weighted by molar-refractivity contribution is 7.51. The standard InChI is InChI=1S/C12H28NO3P.ClH/c13-11-9-7-5-3-1-2-4-6-8-10-12-17(14,15)16;/h1-13H2,(H2,14,15,16);1H. The first kappa shape index (κ1) is 20.7. The van der Waals surface area contributed by atoms with E-state index in [1.165, 1.54) is 44.9 Å². The quantitative estimate of drug-likeness (QED) is 0.329.